The van der Waals surface area contributed by atoms with Crippen LogP contribution in [0.1, 0.15) is 29.8 Å². The van der Waals surface area contributed by atoms with Crippen molar-refractivity contribution in [3.05, 3.63) is 53.7 Å². The zero-order valence-electron chi connectivity index (χ0n) is 13.4. The fraction of sp³-hybridized carbons (Fsp3) is 0.278. The molecule has 2 N–H and O–H groups in total. The minimum Gasteiger partial charge on any atom is -0.481 e. The molecule has 2 aromatic rings. The van der Waals surface area contributed by atoms with Gasteiger partial charge in [0.25, 0.3) is 5.91 Å². The zero-order chi connectivity index (χ0) is 17.0. The SMILES string of the molecule is Cc1c(C(=O)NC(C)C(C)C(=O)O)cccc1-c1ccccn1. The van der Waals surface area contributed by atoms with Crippen molar-refractivity contribution in [3.63, 3.8) is 0 Å². The van der Waals surface area contributed by atoms with E-state index in [0.29, 0.717) is 5.56 Å². The molecule has 0 saturated carbocycles. The molecule has 0 spiro atoms. The molecular weight excluding hydrogens is 292 g/mol. The zero-order valence-corrected chi connectivity index (χ0v) is 13.4. The number of nitrogens with zero attached hydrogens (tertiary/aromatic N) is 1. The second-order valence-electron chi connectivity index (χ2n) is 5.58. The molecule has 2 rings (SSSR count). The van der Waals surface area contributed by atoms with E-state index >= 15 is 0 Å². The molecular formula is C18H20N2O3. The molecule has 23 heavy (non-hydrogen) atoms. The van der Waals surface area contributed by atoms with E-state index in [1.165, 1.54) is 0 Å². The first-order valence-electron chi connectivity index (χ1n) is 7.46. The number of carboxylic acids is 1. The third kappa shape index (κ3) is 3.74. The van der Waals surface area contributed by atoms with E-state index in [1.54, 1.807) is 32.2 Å². The Hall–Kier alpha value is -2.69. The number of benzene rings is 1. The van der Waals surface area contributed by atoms with E-state index < -0.39 is 17.9 Å². The number of hydrogen-bond donors (Lipinski definition) is 2. The fourth-order valence-corrected chi connectivity index (χ4v) is 2.30. The normalized spacial score (nSPS) is 13.2. The van der Waals surface area contributed by atoms with E-state index in [-0.39, 0.29) is 5.91 Å². The molecule has 2 atom stereocenters. The lowest BCUT2D eigenvalue weighted by Gasteiger charge is -2.19. The third-order valence-electron chi connectivity index (χ3n) is 4.02. The van der Waals surface area contributed by atoms with Gasteiger partial charge >= 0.3 is 5.97 Å². The van der Waals surface area contributed by atoms with Crippen molar-refractivity contribution in [2.24, 2.45) is 5.92 Å². The number of aromatic nitrogens is 1. The van der Waals surface area contributed by atoms with E-state index in [1.807, 2.05) is 31.2 Å². The second-order valence-corrected chi connectivity index (χ2v) is 5.58. The Morgan fingerprint density at radius 3 is 2.48 bits per heavy atom. The number of hydrogen-bond acceptors (Lipinski definition) is 3. The summed E-state index contributed by atoms with van der Waals surface area (Å²) in [6.07, 6.45) is 1.71. The quantitative estimate of drug-likeness (QED) is 0.889. The lowest BCUT2D eigenvalue weighted by molar-refractivity contribution is -0.141. The maximum Gasteiger partial charge on any atom is 0.308 e. The van der Waals surface area contributed by atoms with Gasteiger partial charge in [-0.2, -0.15) is 0 Å². The van der Waals surface area contributed by atoms with Crippen LogP contribution in [0.15, 0.2) is 42.6 Å². The van der Waals surface area contributed by atoms with E-state index in [4.69, 9.17) is 5.11 Å². The van der Waals surface area contributed by atoms with Crippen LogP contribution in [0.4, 0.5) is 0 Å². The van der Waals surface area contributed by atoms with Gasteiger partial charge in [0, 0.05) is 23.4 Å². The average Bonchev–Trinajstić information content (AvgIpc) is 2.54. The van der Waals surface area contributed by atoms with Crippen molar-refractivity contribution >= 4 is 11.9 Å². The molecule has 0 aliphatic heterocycles. The second kappa shape index (κ2) is 7.05. The van der Waals surface area contributed by atoms with Gasteiger partial charge in [0.2, 0.25) is 0 Å². The summed E-state index contributed by atoms with van der Waals surface area (Å²) in [6.45, 7) is 5.13. The molecule has 0 fully saturated rings. The lowest BCUT2D eigenvalue weighted by atomic mass is 9.98. The molecule has 1 aromatic heterocycles. The number of aliphatic carboxylic acids is 1. The predicted octanol–water partition coefficient (Wildman–Crippen LogP) is 2.90. The molecule has 0 bridgehead atoms. The fourth-order valence-electron chi connectivity index (χ4n) is 2.30. The Labute approximate surface area is 135 Å². The van der Waals surface area contributed by atoms with Gasteiger partial charge in [0.1, 0.15) is 0 Å². The van der Waals surface area contributed by atoms with Crippen molar-refractivity contribution in [2.45, 2.75) is 26.8 Å². The highest BCUT2D eigenvalue weighted by atomic mass is 16.4. The van der Waals surface area contributed by atoms with Crippen LogP contribution in [0.25, 0.3) is 11.3 Å². The highest BCUT2D eigenvalue weighted by molar-refractivity contribution is 5.97. The molecule has 0 aliphatic carbocycles. The Bertz CT molecular complexity index is 713. The van der Waals surface area contributed by atoms with Crippen LogP contribution < -0.4 is 5.32 Å². The van der Waals surface area contributed by atoms with Crippen LogP contribution in [0.5, 0.6) is 0 Å². The van der Waals surface area contributed by atoms with Gasteiger partial charge < -0.3 is 10.4 Å². The molecule has 0 saturated heterocycles. The number of pyridine rings is 1. The van der Waals surface area contributed by atoms with Crippen LogP contribution in [0.3, 0.4) is 0 Å². The standard InChI is InChI=1S/C18H20N2O3/c1-11(18(22)23)13(3)20-17(21)15-8-6-7-14(12(15)2)16-9-4-5-10-19-16/h4-11,13H,1-3H3,(H,20,21)(H,22,23). The number of amides is 1. The molecule has 5 heteroatoms. The van der Waals surface area contributed by atoms with Gasteiger partial charge in [-0.3, -0.25) is 14.6 Å². The first kappa shape index (κ1) is 16.7. The van der Waals surface area contributed by atoms with Crippen LogP contribution in [0.2, 0.25) is 0 Å². The van der Waals surface area contributed by atoms with Crippen LogP contribution in [-0.4, -0.2) is 28.0 Å². The summed E-state index contributed by atoms with van der Waals surface area (Å²) >= 11 is 0. The van der Waals surface area contributed by atoms with Gasteiger partial charge in [-0.1, -0.05) is 18.2 Å². The van der Waals surface area contributed by atoms with Crippen molar-refractivity contribution in [1.82, 2.24) is 10.3 Å². The molecule has 1 amide bonds. The number of carbonyl (C=O) groups excluding carboxylic acids is 1. The summed E-state index contributed by atoms with van der Waals surface area (Å²) in [7, 11) is 0. The largest absolute Gasteiger partial charge is 0.481 e. The van der Waals surface area contributed by atoms with Gasteiger partial charge in [0.15, 0.2) is 0 Å². The van der Waals surface area contributed by atoms with Crippen molar-refractivity contribution in [3.8, 4) is 11.3 Å². The Balaban J connectivity index is 2.27. The summed E-state index contributed by atoms with van der Waals surface area (Å²) in [6, 6.07) is 10.6. The van der Waals surface area contributed by atoms with E-state index in [9.17, 15) is 9.59 Å². The first-order chi connectivity index (χ1) is 10.9. The highest BCUT2D eigenvalue weighted by Crippen LogP contribution is 2.24. The van der Waals surface area contributed by atoms with Crippen molar-refractivity contribution < 1.29 is 14.7 Å². The average molecular weight is 312 g/mol. The monoisotopic (exact) mass is 312 g/mol. The minimum atomic E-state index is -0.934. The molecule has 1 heterocycles. The van der Waals surface area contributed by atoms with Gasteiger partial charge in [-0.05, 0) is 44.5 Å². The van der Waals surface area contributed by atoms with Gasteiger partial charge in [0.05, 0.1) is 11.6 Å². The maximum absolute atomic E-state index is 12.5. The molecule has 1 aromatic carbocycles. The first-order valence-corrected chi connectivity index (χ1v) is 7.46. The van der Waals surface area contributed by atoms with Crippen LogP contribution >= 0.6 is 0 Å². The maximum atomic E-state index is 12.5. The molecule has 2 unspecified atom stereocenters. The Kier molecular flexibility index (Phi) is 5.11. The molecule has 0 radical (unpaired) electrons. The van der Waals surface area contributed by atoms with E-state index in [0.717, 1.165) is 16.8 Å². The summed E-state index contributed by atoms with van der Waals surface area (Å²) < 4.78 is 0. The molecule has 0 aliphatic rings. The predicted molar refractivity (Wildman–Crippen MR) is 88.1 cm³/mol. The van der Waals surface area contributed by atoms with Crippen LogP contribution in [-0.2, 0) is 4.79 Å². The van der Waals surface area contributed by atoms with Crippen molar-refractivity contribution in [2.75, 3.05) is 0 Å². The lowest BCUT2D eigenvalue weighted by Crippen LogP contribution is -2.40. The number of carbonyl (C=O) groups is 2. The van der Waals surface area contributed by atoms with Crippen molar-refractivity contribution in [1.29, 1.82) is 0 Å². The number of nitrogens with one attached hydrogen (secondary N) is 1. The van der Waals surface area contributed by atoms with Crippen LogP contribution in [0, 0.1) is 12.8 Å². The smallest absolute Gasteiger partial charge is 0.308 e. The minimum absolute atomic E-state index is 0.277. The summed E-state index contributed by atoms with van der Waals surface area (Å²) in [5.41, 5.74) is 3.03. The summed E-state index contributed by atoms with van der Waals surface area (Å²) in [5, 5.41) is 11.8. The third-order valence-corrected chi connectivity index (χ3v) is 4.02. The Morgan fingerprint density at radius 2 is 1.87 bits per heavy atom. The molecule has 5 nitrogen and oxygen atoms in total. The van der Waals surface area contributed by atoms with Gasteiger partial charge in [-0.25, -0.2) is 0 Å². The van der Waals surface area contributed by atoms with E-state index in [2.05, 4.69) is 10.3 Å². The van der Waals surface area contributed by atoms with Gasteiger partial charge in [-0.15, -0.1) is 0 Å². The number of rotatable bonds is 5. The topological polar surface area (TPSA) is 79.3 Å². The highest BCUT2D eigenvalue weighted by Gasteiger charge is 2.22. The molecule has 120 valence electrons. The summed E-state index contributed by atoms with van der Waals surface area (Å²) in [5.74, 6) is -1.86. The summed E-state index contributed by atoms with van der Waals surface area (Å²) in [4.78, 5) is 27.8. The Morgan fingerprint density at radius 1 is 1.13 bits per heavy atom. The number of carboxylic acid groups (broad SMARTS) is 1.